The maximum Gasteiger partial charge on any atom is 0.0459 e. The molecule has 0 saturated carbocycles. The third-order valence-corrected chi connectivity index (χ3v) is 2.26. The molecule has 0 fully saturated rings. The summed E-state index contributed by atoms with van der Waals surface area (Å²) in [6, 6.07) is 4.20. The molecule has 1 aromatic heterocycles. The van der Waals surface area contributed by atoms with Gasteiger partial charge in [-0.15, -0.1) is 0 Å². The molecule has 1 aromatic rings. The second-order valence-corrected chi connectivity index (χ2v) is 3.39. The SMILES string of the molecule is C/C=C/CCNC(CN)c1cccnc1. The van der Waals surface area contributed by atoms with Gasteiger partial charge in [0.2, 0.25) is 0 Å². The molecule has 3 heteroatoms. The molecule has 3 nitrogen and oxygen atoms in total. The first-order valence-electron chi connectivity index (χ1n) is 5.33. The molecule has 1 atom stereocenters. The number of hydrogen-bond acceptors (Lipinski definition) is 3. The molecule has 0 saturated heterocycles. The van der Waals surface area contributed by atoms with Crippen LogP contribution in [0.15, 0.2) is 36.7 Å². The van der Waals surface area contributed by atoms with Gasteiger partial charge in [-0.25, -0.2) is 0 Å². The highest BCUT2D eigenvalue weighted by Crippen LogP contribution is 2.08. The predicted molar refractivity (Wildman–Crippen MR) is 63.5 cm³/mol. The van der Waals surface area contributed by atoms with Crippen molar-refractivity contribution in [3.05, 3.63) is 42.2 Å². The molecule has 3 N–H and O–H groups in total. The maximum absolute atomic E-state index is 5.71. The summed E-state index contributed by atoms with van der Waals surface area (Å²) in [4.78, 5) is 4.09. The molecule has 82 valence electrons. The summed E-state index contributed by atoms with van der Waals surface area (Å²) < 4.78 is 0. The van der Waals surface area contributed by atoms with Crippen LogP contribution in [-0.2, 0) is 0 Å². The van der Waals surface area contributed by atoms with Crippen molar-refractivity contribution >= 4 is 0 Å². The molecule has 0 amide bonds. The fourth-order valence-corrected chi connectivity index (χ4v) is 1.43. The van der Waals surface area contributed by atoms with Gasteiger partial charge in [-0.3, -0.25) is 4.98 Å². The number of rotatable bonds is 6. The average molecular weight is 205 g/mol. The lowest BCUT2D eigenvalue weighted by Crippen LogP contribution is -2.28. The molecular weight excluding hydrogens is 186 g/mol. The molecule has 0 aliphatic carbocycles. The quantitative estimate of drug-likeness (QED) is 0.548. The largest absolute Gasteiger partial charge is 0.329 e. The van der Waals surface area contributed by atoms with E-state index in [0.29, 0.717) is 6.54 Å². The lowest BCUT2D eigenvalue weighted by atomic mass is 10.1. The third kappa shape index (κ3) is 4.23. The van der Waals surface area contributed by atoms with Gasteiger partial charge < -0.3 is 11.1 Å². The van der Waals surface area contributed by atoms with Crippen molar-refractivity contribution in [3.63, 3.8) is 0 Å². The van der Waals surface area contributed by atoms with Crippen LogP contribution in [0.5, 0.6) is 0 Å². The van der Waals surface area contributed by atoms with Gasteiger partial charge in [0.15, 0.2) is 0 Å². The summed E-state index contributed by atoms with van der Waals surface area (Å²) in [5, 5.41) is 3.40. The Kier molecular flexibility index (Phi) is 5.66. The van der Waals surface area contributed by atoms with E-state index >= 15 is 0 Å². The van der Waals surface area contributed by atoms with Crippen molar-refractivity contribution in [2.75, 3.05) is 13.1 Å². The minimum Gasteiger partial charge on any atom is -0.329 e. The standard InChI is InChI=1S/C12H19N3/c1-2-3-4-8-15-12(9-13)11-6-5-7-14-10-11/h2-3,5-7,10,12,15H,4,8-9,13H2,1H3/b3-2+. The van der Waals surface area contributed by atoms with Crippen LogP contribution in [0.1, 0.15) is 24.9 Å². The number of nitrogens with two attached hydrogens (primary N) is 1. The molecule has 0 aliphatic rings. The van der Waals surface area contributed by atoms with Gasteiger partial charge in [0.25, 0.3) is 0 Å². The average Bonchev–Trinajstić information content (AvgIpc) is 2.30. The van der Waals surface area contributed by atoms with E-state index in [1.165, 1.54) is 0 Å². The second-order valence-electron chi connectivity index (χ2n) is 3.39. The molecule has 0 bridgehead atoms. The predicted octanol–water partition coefficient (Wildman–Crippen LogP) is 1.64. The summed E-state index contributed by atoms with van der Waals surface area (Å²) >= 11 is 0. The topological polar surface area (TPSA) is 50.9 Å². The molecule has 0 radical (unpaired) electrons. The van der Waals surface area contributed by atoms with E-state index in [-0.39, 0.29) is 6.04 Å². The number of allylic oxidation sites excluding steroid dienone is 1. The van der Waals surface area contributed by atoms with E-state index in [2.05, 4.69) is 22.5 Å². The first kappa shape index (κ1) is 11.9. The minimum absolute atomic E-state index is 0.212. The Morgan fingerprint density at radius 1 is 1.60 bits per heavy atom. The molecular formula is C12H19N3. The Bertz CT molecular complexity index is 282. The van der Waals surface area contributed by atoms with Gasteiger partial charge >= 0.3 is 0 Å². The zero-order valence-corrected chi connectivity index (χ0v) is 9.19. The van der Waals surface area contributed by atoms with Crippen LogP contribution >= 0.6 is 0 Å². The number of nitrogens with zero attached hydrogens (tertiary/aromatic N) is 1. The highest BCUT2D eigenvalue weighted by molar-refractivity contribution is 5.14. The second kappa shape index (κ2) is 7.15. The summed E-state index contributed by atoms with van der Waals surface area (Å²) in [6.45, 7) is 3.57. The van der Waals surface area contributed by atoms with E-state index < -0.39 is 0 Å². The lowest BCUT2D eigenvalue weighted by Gasteiger charge is -2.16. The Labute approximate surface area is 91.4 Å². The summed E-state index contributed by atoms with van der Waals surface area (Å²) in [7, 11) is 0. The fraction of sp³-hybridized carbons (Fsp3) is 0.417. The molecule has 0 aliphatic heterocycles. The van der Waals surface area contributed by atoms with Gasteiger partial charge in [0.05, 0.1) is 0 Å². The third-order valence-electron chi connectivity index (χ3n) is 2.26. The molecule has 0 spiro atoms. The van der Waals surface area contributed by atoms with E-state index in [4.69, 9.17) is 5.73 Å². The van der Waals surface area contributed by atoms with Crippen molar-refractivity contribution in [1.82, 2.24) is 10.3 Å². The number of nitrogens with one attached hydrogen (secondary N) is 1. The van der Waals surface area contributed by atoms with Gasteiger partial charge in [-0.2, -0.15) is 0 Å². The number of pyridine rings is 1. The zero-order chi connectivity index (χ0) is 10.9. The normalized spacial score (nSPS) is 13.2. The van der Waals surface area contributed by atoms with Crippen LogP contribution < -0.4 is 11.1 Å². The van der Waals surface area contributed by atoms with Crippen LogP contribution in [0, 0.1) is 0 Å². The summed E-state index contributed by atoms with van der Waals surface area (Å²) in [6.07, 6.45) is 8.87. The van der Waals surface area contributed by atoms with Gasteiger partial charge in [0.1, 0.15) is 0 Å². The van der Waals surface area contributed by atoms with Crippen molar-refractivity contribution in [1.29, 1.82) is 0 Å². The maximum atomic E-state index is 5.71. The molecule has 1 unspecified atom stereocenters. The van der Waals surface area contributed by atoms with E-state index in [0.717, 1.165) is 18.5 Å². The highest BCUT2D eigenvalue weighted by Gasteiger charge is 2.07. The Hall–Kier alpha value is -1.19. The summed E-state index contributed by atoms with van der Waals surface area (Å²) in [5.74, 6) is 0. The van der Waals surface area contributed by atoms with Crippen molar-refractivity contribution in [3.8, 4) is 0 Å². The number of aromatic nitrogens is 1. The van der Waals surface area contributed by atoms with Crippen LogP contribution in [0.25, 0.3) is 0 Å². The number of hydrogen-bond donors (Lipinski definition) is 2. The van der Waals surface area contributed by atoms with Crippen LogP contribution in [0.2, 0.25) is 0 Å². The van der Waals surface area contributed by atoms with Crippen LogP contribution in [0.4, 0.5) is 0 Å². The van der Waals surface area contributed by atoms with Crippen LogP contribution in [0.3, 0.4) is 0 Å². The molecule has 1 heterocycles. The molecule has 0 aromatic carbocycles. The molecule has 1 rings (SSSR count). The van der Waals surface area contributed by atoms with Gasteiger partial charge in [-0.1, -0.05) is 18.2 Å². The summed E-state index contributed by atoms with van der Waals surface area (Å²) in [5.41, 5.74) is 6.86. The van der Waals surface area contributed by atoms with Crippen molar-refractivity contribution in [2.45, 2.75) is 19.4 Å². The van der Waals surface area contributed by atoms with Crippen LogP contribution in [-0.4, -0.2) is 18.1 Å². The molecule has 15 heavy (non-hydrogen) atoms. The minimum atomic E-state index is 0.212. The first-order chi connectivity index (χ1) is 7.38. The first-order valence-corrected chi connectivity index (χ1v) is 5.33. The smallest absolute Gasteiger partial charge is 0.0459 e. The Morgan fingerprint density at radius 2 is 2.47 bits per heavy atom. The highest BCUT2D eigenvalue weighted by atomic mass is 14.9. The van der Waals surface area contributed by atoms with E-state index in [9.17, 15) is 0 Å². The van der Waals surface area contributed by atoms with E-state index in [1.54, 1.807) is 6.20 Å². The van der Waals surface area contributed by atoms with E-state index in [1.807, 2.05) is 25.3 Å². The Balaban J connectivity index is 2.43. The van der Waals surface area contributed by atoms with Gasteiger partial charge in [0, 0.05) is 25.0 Å². The fourth-order valence-electron chi connectivity index (χ4n) is 1.43. The van der Waals surface area contributed by atoms with Crippen molar-refractivity contribution < 1.29 is 0 Å². The van der Waals surface area contributed by atoms with Gasteiger partial charge in [-0.05, 0) is 31.5 Å². The lowest BCUT2D eigenvalue weighted by molar-refractivity contribution is 0.547. The monoisotopic (exact) mass is 205 g/mol. The Morgan fingerprint density at radius 3 is 3.07 bits per heavy atom. The zero-order valence-electron chi connectivity index (χ0n) is 9.19. The van der Waals surface area contributed by atoms with Crippen molar-refractivity contribution in [2.24, 2.45) is 5.73 Å².